The van der Waals surface area contributed by atoms with E-state index in [9.17, 15) is 4.79 Å². The van der Waals surface area contributed by atoms with Gasteiger partial charge >= 0.3 is 5.97 Å². The summed E-state index contributed by atoms with van der Waals surface area (Å²) in [7, 11) is 2.14. The molecule has 1 aliphatic rings. The molecule has 0 bridgehead atoms. The van der Waals surface area contributed by atoms with Gasteiger partial charge in [-0.3, -0.25) is 9.69 Å². The fourth-order valence-corrected chi connectivity index (χ4v) is 4.08. The molecule has 1 aromatic heterocycles. The molecule has 2 aromatic rings. The van der Waals surface area contributed by atoms with Crippen molar-refractivity contribution in [3.8, 4) is 5.75 Å². The molecule has 0 N–H and O–H groups in total. The van der Waals surface area contributed by atoms with Gasteiger partial charge in [0.25, 0.3) is 0 Å². The average Bonchev–Trinajstić information content (AvgIpc) is 2.98. The predicted octanol–water partition coefficient (Wildman–Crippen LogP) is 3.51. The number of likely N-dealkylation sites (N-methyl/N-ethyl adjacent to an activating group) is 1. The Hall–Kier alpha value is -1.25. The number of carbonyl (C=O) groups is 1. The van der Waals surface area contributed by atoms with Crippen molar-refractivity contribution in [2.24, 2.45) is 0 Å². The van der Waals surface area contributed by atoms with Crippen molar-refractivity contribution in [1.82, 2.24) is 19.4 Å². The molecule has 0 atom stereocenters. The van der Waals surface area contributed by atoms with Gasteiger partial charge in [0.2, 0.25) is 0 Å². The topological polar surface area (TPSA) is 50.6 Å². The summed E-state index contributed by atoms with van der Waals surface area (Å²) < 4.78 is 7.21. The molecule has 0 aliphatic carbocycles. The van der Waals surface area contributed by atoms with Crippen LogP contribution in [0.15, 0.2) is 17.4 Å². The maximum Gasteiger partial charge on any atom is 0.308 e. The van der Waals surface area contributed by atoms with Crippen LogP contribution in [-0.2, 0) is 17.9 Å². The largest absolute Gasteiger partial charge is 0.424 e. The van der Waals surface area contributed by atoms with Gasteiger partial charge in [0.1, 0.15) is 0 Å². The second-order valence-electron chi connectivity index (χ2n) is 7.09. The van der Waals surface area contributed by atoms with E-state index in [0.29, 0.717) is 21.7 Å². The summed E-state index contributed by atoms with van der Waals surface area (Å²) in [5.41, 5.74) is 2.83. The number of benzene rings is 1. The molecule has 3 rings (SSSR count). The lowest BCUT2D eigenvalue weighted by atomic mass is 10.1. The van der Waals surface area contributed by atoms with E-state index < -0.39 is 5.97 Å². The molecule has 9 heteroatoms. The van der Waals surface area contributed by atoms with Gasteiger partial charge in [0.05, 0.1) is 28.5 Å². The first-order valence-electron chi connectivity index (χ1n) is 9.06. The maximum atomic E-state index is 11.3. The second kappa shape index (κ2) is 9.05. The molecule has 2 heterocycles. The number of halogens is 2. The highest BCUT2D eigenvalue weighted by Crippen LogP contribution is 2.38. The number of thiol groups is 1. The predicted molar refractivity (Wildman–Crippen MR) is 114 cm³/mol. The molecule has 0 amide bonds. The Bertz CT molecular complexity index is 879. The summed E-state index contributed by atoms with van der Waals surface area (Å²) in [6.45, 7) is 8.72. The molecule has 1 saturated heterocycles. The van der Waals surface area contributed by atoms with Gasteiger partial charge < -0.3 is 14.2 Å². The van der Waals surface area contributed by atoms with Gasteiger partial charge in [-0.1, -0.05) is 23.2 Å². The molecular formula is C19H24Cl2N4O2S. The Labute approximate surface area is 180 Å². The summed E-state index contributed by atoms with van der Waals surface area (Å²) in [5, 5.41) is 1.29. The first kappa shape index (κ1) is 21.5. The smallest absolute Gasteiger partial charge is 0.308 e. The molecule has 1 fully saturated rings. The Balaban J connectivity index is 1.84. The monoisotopic (exact) mass is 442 g/mol. The van der Waals surface area contributed by atoms with E-state index in [2.05, 4.69) is 39.0 Å². The van der Waals surface area contributed by atoms with Crippen LogP contribution in [0.25, 0.3) is 0 Å². The molecule has 1 aromatic carbocycles. The Morgan fingerprint density at radius 2 is 1.93 bits per heavy atom. The van der Waals surface area contributed by atoms with Crippen LogP contribution < -0.4 is 4.74 Å². The van der Waals surface area contributed by atoms with Crippen LogP contribution in [0.4, 0.5) is 0 Å². The van der Waals surface area contributed by atoms with E-state index in [-0.39, 0.29) is 5.75 Å². The SMILES string of the molecule is CC(=O)Oc1c(Cl)cc(Cn2c(CN3CCN(C)CC3)cnc2S)c(C)c1Cl. The van der Waals surface area contributed by atoms with Crippen LogP contribution in [0.5, 0.6) is 5.75 Å². The first-order valence-corrected chi connectivity index (χ1v) is 10.3. The summed E-state index contributed by atoms with van der Waals surface area (Å²) in [4.78, 5) is 20.4. The first-order chi connectivity index (χ1) is 13.3. The van der Waals surface area contributed by atoms with Crippen molar-refractivity contribution in [1.29, 1.82) is 0 Å². The summed E-state index contributed by atoms with van der Waals surface area (Å²) in [5.74, 6) is -0.260. The Morgan fingerprint density at radius 3 is 2.57 bits per heavy atom. The zero-order valence-corrected chi connectivity index (χ0v) is 18.6. The van der Waals surface area contributed by atoms with Crippen molar-refractivity contribution in [3.05, 3.63) is 39.1 Å². The highest BCUT2D eigenvalue weighted by atomic mass is 35.5. The third-order valence-electron chi connectivity index (χ3n) is 5.00. The molecule has 0 saturated carbocycles. The minimum absolute atomic E-state index is 0.200. The number of aromatic nitrogens is 2. The van der Waals surface area contributed by atoms with E-state index in [1.165, 1.54) is 6.92 Å². The van der Waals surface area contributed by atoms with Crippen LogP contribution in [0.1, 0.15) is 23.7 Å². The van der Waals surface area contributed by atoms with E-state index in [1.807, 2.05) is 13.1 Å². The molecular weight excluding hydrogens is 419 g/mol. The van der Waals surface area contributed by atoms with Crippen LogP contribution in [0.2, 0.25) is 10.0 Å². The van der Waals surface area contributed by atoms with Gasteiger partial charge in [0, 0.05) is 39.6 Å². The van der Waals surface area contributed by atoms with Gasteiger partial charge in [-0.2, -0.15) is 0 Å². The van der Waals surface area contributed by atoms with Gasteiger partial charge in [-0.25, -0.2) is 4.98 Å². The minimum atomic E-state index is -0.460. The number of rotatable bonds is 5. The number of esters is 1. The maximum absolute atomic E-state index is 11.3. The summed E-state index contributed by atoms with van der Waals surface area (Å²) in [6.07, 6.45) is 1.87. The van der Waals surface area contributed by atoms with Crippen LogP contribution in [-0.4, -0.2) is 58.5 Å². The number of hydrogen-bond acceptors (Lipinski definition) is 6. The number of nitrogens with zero attached hydrogens (tertiary/aromatic N) is 4. The Morgan fingerprint density at radius 1 is 1.25 bits per heavy atom. The van der Waals surface area contributed by atoms with Crippen LogP contribution >= 0.6 is 35.8 Å². The molecule has 0 radical (unpaired) electrons. The van der Waals surface area contributed by atoms with Crippen LogP contribution in [0.3, 0.4) is 0 Å². The fourth-order valence-electron chi connectivity index (χ4n) is 3.25. The van der Waals surface area contributed by atoms with Crippen molar-refractivity contribution in [2.75, 3.05) is 33.2 Å². The quantitative estimate of drug-likeness (QED) is 0.436. The average molecular weight is 443 g/mol. The fraction of sp³-hybridized carbons (Fsp3) is 0.474. The van der Waals surface area contributed by atoms with E-state index in [4.69, 9.17) is 27.9 Å². The van der Waals surface area contributed by atoms with Crippen molar-refractivity contribution < 1.29 is 9.53 Å². The molecule has 152 valence electrons. The van der Waals surface area contributed by atoms with Crippen molar-refractivity contribution >= 4 is 41.8 Å². The number of piperazine rings is 1. The standard InChI is InChI=1S/C19H24Cl2N4O2S/c1-12-14(8-16(20)18(17(12)21)27-13(2)26)10-25-15(9-22-19(25)28)11-24-6-4-23(3)5-7-24/h8-9H,4-7,10-11H2,1-3H3,(H,22,28). The van der Waals surface area contributed by atoms with E-state index >= 15 is 0 Å². The zero-order chi connectivity index (χ0) is 20.4. The third-order valence-corrected chi connectivity index (χ3v) is 6.09. The number of carbonyl (C=O) groups excluding carboxylic acids is 1. The normalized spacial score (nSPS) is 15.8. The lowest BCUT2D eigenvalue weighted by Crippen LogP contribution is -2.44. The molecule has 1 aliphatic heterocycles. The van der Waals surface area contributed by atoms with Crippen molar-refractivity contribution in [3.63, 3.8) is 0 Å². The number of imidazole rings is 1. The molecule has 28 heavy (non-hydrogen) atoms. The van der Waals surface area contributed by atoms with Crippen molar-refractivity contribution in [2.45, 2.75) is 32.1 Å². The summed E-state index contributed by atoms with van der Waals surface area (Å²) in [6, 6.07) is 1.79. The lowest BCUT2D eigenvalue weighted by Gasteiger charge is -2.32. The molecule has 0 unspecified atom stereocenters. The zero-order valence-electron chi connectivity index (χ0n) is 16.2. The highest BCUT2D eigenvalue weighted by molar-refractivity contribution is 7.80. The number of hydrogen-bond donors (Lipinski definition) is 1. The highest BCUT2D eigenvalue weighted by Gasteiger charge is 2.20. The third kappa shape index (κ3) is 4.83. The molecule has 0 spiro atoms. The van der Waals surface area contributed by atoms with E-state index in [1.54, 1.807) is 6.07 Å². The van der Waals surface area contributed by atoms with Gasteiger partial charge in [-0.15, -0.1) is 12.6 Å². The number of ether oxygens (including phenoxy) is 1. The van der Waals surface area contributed by atoms with Gasteiger partial charge in [-0.05, 0) is 31.2 Å². The van der Waals surface area contributed by atoms with E-state index in [0.717, 1.165) is 49.5 Å². The Kier molecular flexibility index (Phi) is 6.94. The summed E-state index contributed by atoms with van der Waals surface area (Å²) >= 11 is 17.3. The molecule has 6 nitrogen and oxygen atoms in total. The lowest BCUT2D eigenvalue weighted by molar-refractivity contribution is -0.131. The van der Waals surface area contributed by atoms with Crippen LogP contribution in [0, 0.1) is 6.92 Å². The minimum Gasteiger partial charge on any atom is -0.424 e. The van der Waals surface area contributed by atoms with Gasteiger partial charge in [0.15, 0.2) is 10.9 Å². The second-order valence-corrected chi connectivity index (χ2v) is 8.28.